The molecule has 0 aromatic carbocycles. The summed E-state index contributed by atoms with van der Waals surface area (Å²) in [6.07, 6.45) is 0. The van der Waals surface area contributed by atoms with Crippen LogP contribution in [-0.4, -0.2) is 5.48 Å². The second kappa shape index (κ2) is 1070. The molecule has 48 valence electrons. The third kappa shape index (κ3) is 510. The van der Waals surface area contributed by atoms with Crippen molar-refractivity contribution in [3.8, 4) is 0 Å². The Labute approximate surface area is 44.6 Å². The molecule has 0 rings (SSSR count). The molecule has 0 fully saturated rings. The number of halogens is 4. The number of rotatable bonds is 0. The summed E-state index contributed by atoms with van der Waals surface area (Å²) in [4.78, 5) is 0. The molecule has 0 amide bonds. The molecular weight excluding hydrogens is 193 g/mol. The van der Waals surface area contributed by atoms with Crippen molar-refractivity contribution in [2.75, 3.05) is 0 Å². The summed E-state index contributed by atoms with van der Waals surface area (Å²) in [5.41, 5.74) is 0. The van der Waals surface area contributed by atoms with Crippen molar-refractivity contribution in [2.24, 2.45) is 0 Å². The van der Waals surface area contributed by atoms with Gasteiger partial charge in [-0.15, -0.1) is 0 Å². The van der Waals surface area contributed by atoms with Gasteiger partial charge in [-0.3, -0.25) is 18.8 Å². The fourth-order valence-corrected chi connectivity index (χ4v) is 0. The maximum atomic E-state index is 0. The average Bonchev–Trinajstić information content (AvgIpc) is 0. The van der Waals surface area contributed by atoms with Crippen LogP contribution in [0.1, 0.15) is 0 Å². The minimum atomic E-state index is 0. The van der Waals surface area contributed by atoms with Gasteiger partial charge in [0.1, 0.15) is 0 Å². The van der Waals surface area contributed by atoms with E-state index in [0.29, 0.717) is 0 Å². The molecule has 0 spiro atoms. The van der Waals surface area contributed by atoms with E-state index in [9.17, 15) is 0 Å². The molecule has 0 unspecified atom stereocenters. The van der Waals surface area contributed by atoms with Crippen LogP contribution in [0.25, 0.3) is 0 Å². The zero-order valence-corrected chi connectivity index (χ0v) is 4.22. The zero-order chi connectivity index (χ0) is 0. The van der Waals surface area contributed by atoms with E-state index in [-0.39, 0.29) is 43.8 Å². The maximum absolute atomic E-state index is 0. The van der Waals surface area contributed by atoms with Gasteiger partial charge in [-0.05, 0) is 0 Å². The molecule has 0 saturated carbocycles. The van der Waals surface area contributed by atoms with Crippen LogP contribution in [0.4, 0.5) is 18.8 Å². The Morgan fingerprint density at radius 3 is 0.500 bits per heavy atom. The van der Waals surface area contributed by atoms with E-state index in [4.69, 9.17) is 0 Å². The quantitative estimate of drug-likeness (QED) is 0.381. The summed E-state index contributed by atoms with van der Waals surface area (Å²) in [5, 5.41) is 0. The summed E-state index contributed by atoms with van der Waals surface area (Å²) < 4.78 is 0. The molecule has 2 N–H and O–H groups in total. The molecular formula is H6F4ORu. The predicted molar refractivity (Wildman–Crippen MR) is 13.6 cm³/mol. The molecule has 0 aromatic heterocycles. The van der Waals surface area contributed by atoms with Crippen LogP contribution < -0.4 is 0 Å². The van der Waals surface area contributed by atoms with Gasteiger partial charge in [-0.2, -0.15) is 0 Å². The van der Waals surface area contributed by atoms with Crippen LogP contribution in [0, 0.1) is 0 Å². The fraction of sp³-hybridized carbons (Fsp3) is 0. The van der Waals surface area contributed by atoms with E-state index < -0.39 is 0 Å². The van der Waals surface area contributed by atoms with E-state index >= 15 is 0 Å². The van der Waals surface area contributed by atoms with Gasteiger partial charge in [0.15, 0.2) is 0 Å². The van der Waals surface area contributed by atoms with Gasteiger partial charge in [-0.1, -0.05) is 0 Å². The fourth-order valence-electron chi connectivity index (χ4n) is 0. The van der Waals surface area contributed by atoms with E-state index in [1.165, 1.54) is 0 Å². The first-order valence-electron chi connectivity index (χ1n) is 0. The van der Waals surface area contributed by atoms with Crippen LogP contribution in [-0.2, 0) is 19.5 Å². The minimum Gasteiger partial charge on any atom is -0.412 e. The normalized spacial score (nSPS) is 0. The van der Waals surface area contributed by atoms with Gasteiger partial charge >= 0.3 is 0 Å². The molecule has 0 bridgehead atoms. The SMILES string of the molecule is F.F.F.F.O.[Ru]. The van der Waals surface area contributed by atoms with Crippen molar-refractivity contribution < 1.29 is 43.8 Å². The van der Waals surface area contributed by atoms with Gasteiger partial charge in [0.2, 0.25) is 0 Å². The maximum Gasteiger partial charge on any atom is 0 e. The van der Waals surface area contributed by atoms with Crippen molar-refractivity contribution in [3.63, 3.8) is 0 Å². The second-order valence-electron chi connectivity index (χ2n) is 0. The smallest absolute Gasteiger partial charge is 0 e. The first-order chi connectivity index (χ1) is 0. The molecule has 0 radical (unpaired) electrons. The van der Waals surface area contributed by atoms with Crippen molar-refractivity contribution in [1.82, 2.24) is 0 Å². The third-order valence-corrected chi connectivity index (χ3v) is 0. The van der Waals surface area contributed by atoms with Crippen molar-refractivity contribution in [3.05, 3.63) is 0 Å². The largest absolute Gasteiger partial charge is 0.412 e. The van der Waals surface area contributed by atoms with E-state index in [2.05, 4.69) is 0 Å². The van der Waals surface area contributed by atoms with E-state index in [1.807, 2.05) is 0 Å². The van der Waals surface area contributed by atoms with Crippen molar-refractivity contribution >= 4 is 0 Å². The molecule has 0 aliphatic rings. The molecule has 0 aliphatic heterocycles. The molecule has 0 aromatic rings. The molecule has 0 heterocycles. The van der Waals surface area contributed by atoms with Gasteiger partial charge in [0.25, 0.3) is 0 Å². The summed E-state index contributed by atoms with van der Waals surface area (Å²) in [5.74, 6) is 0. The monoisotopic (exact) mass is 200 g/mol. The molecule has 1 nitrogen and oxygen atoms in total. The standard InChI is InChI=1S/4FH.H2O.Ru/h4*1H;1H2;. The summed E-state index contributed by atoms with van der Waals surface area (Å²) >= 11 is 0. The molecule has 0 saturated heterocycles. The summed E-state index contributed by atoms with van der Waals surface area (Å²) in [6, 6.07) is 0. The second-order valence-corrected chi connectivity index (χ2v) is 0. The number of hydrogen-bond acceptors (Lipinski definition) is 0. The Kier molecular flexibility index (Phi) is 343000. The Bertz CT molecular complexity index is 7.51. The van der Waals surface area contributed by atoms with Crippen LogP contribution >= 0.6 is 0 Å². The average molecular weight is 199 g/mol. The summed E-state index contributed by atoms with van der Waals surface area (Å²) in [6.45, 7) is 0. The first-order valence-corrected chi connectivity index (χ1v) is 0. The first kappa shape index (κ1) is 1930. The Hall–Kier alpha value is 0.303. The van der Waals surface area contributed by atoms with E-state index in [0.717, 1.165) is 0 Å². The van der Waals surface area contributed by atoms with Crippen LogP contribution in [0.15, 0.2) is 0 Å². The van der Waals surface area contributed by atoms with E-state index in [1.54, 1.807) is 0 Å². The Balaban J connectivity index is 0. The van der Waals surface area contributed by atoms with Crippen molar-refractivity contribution in [1.29, 1.82) is 0 Å². The third-order valence-electron chi connectivity index (χ3n) is 0. The molecule has 0 atom stereocenters. The molecule has 6 heteroatoms. The van der Waals surface area contributed by atoms with Gasteiger partial charge in [0, 0.05) is 19.5 Å². The topological polar surface area (TPSA) is 31.5 Å². The Morgan fingerprint density at radius 1 is 0.500 bits per heavy atom. The molecule has 0 aliphatic carbocycles. The number of hydrogen-bond donors (Lipinski definition) is 0. The predicted octanol–water partition coefficient (Wildman–Crippen LogP) is -0.217. The minimum absolute atomic E-state index is 0. The van der Waals surface area contributed by atoms with Crippen molar-refractivity contribution in [2.45, 2.75) is 0 Å². The van der Waals surface area contributed by atoms with Crippen LogP contribution in [0.5, 0.6) is 0 Å². The van der Waals surface area contributed by atoms with Gasteiger partial charge < -0.3 is 5.48 Å². The van der Waals surface area contributed by atoms with Crippen LogP contribution in [0.2, 0.25) is 0 Å². The zero-order valence-electron chi connectivity index (χ0n) is 2.49. The van der Waals surface area contributed by atoms with Gasteiger partial charge in [0.05, 0.1) is 0 Å². The Morgan fingerprint density at radius 2 is 0.500 bits per heavy atom. The molecule has 6 heavy (non-hydrogen) atoms. The van der Waals surface area contributed by atoms with Gasteiger partial charge in [-0.25, -0.2) is 0 Å². The summed E-state index contributed by atoms with van der Waals surface area (Å²) in [7, 11) is 0. The van der Waals surface area contributed by atoms with Crippen LogP contribution in [0.3, 0.4) is 0 Å².